The fourth-order valence-electron chi connectivity index (χ4n) is 4.02. The monoisotopic (exact) mass is 461 g/mol. The Bertz CT molecular complexity index is 1190. The molecule has 0 bridgehead atoms. The van der Waals surface area contributed by atoms with Crippen LogP contribution in [0.1, 0.15) is 33.1 Å². The number of thiophene rings is 1. The zero-order valence-electron chi connectivity index (χ0n) is 17.5. The predicted octanol–water partition coefficient (Wildman–Crippen LogP) is 5.44. The smallest absolute Gasteiger partial charge is 0.263 e. The topological polar surface area (TPSA) is 62.3 Å². The van der Waals surface area contributed by atoms with Gasteiger partial charge in [-0.25, -0.2) is 4.98 Å². The Labute approximate surface area is 194 Å². The first-order valence-corrected chi connectivity index (χ1v) is 12.4. The number of aromatic nitrogens is 1. The van der Waals surface area contributed by atoms with Crippen molar-refractivity contribution in [1.82, 2.24) is 9.88 Å². The molecule has 1 N–H and O–H groups in total. The maximum absolute atomic E-state index is 12.7. The van der Waals surface area contributed by atoms with Gasteiger partial charge < -0.3 is 10.2 Å². The van der Waals surface area contributed by atoms with Crippen molar-refractivity contribution in [3.05, 3.63) is 81.5 Å². The van der Waals surface area contributed by atoms with Crippen LogP contribution < -0.4 is 5.32 Å². The van der Waals surface area contributed by atoms with Crippen LogP contribution in [0.5, 0.6) is 0 Å². The highest BCUT2D eigenvalue weighted by molar-refractivity contribution is 7.18. The van der Waals surface area contributed by atoms with E-state index in [2.05, 4.69) is 11.4 Å². The Kier molecular flexibility index (Phi) is 6.01. The molecule has 162 valence electrons. The predicted molar refractivity (Wildman–Crippen MR) is 130 cm³/mol. The largest absolute Gasteiger partial charge is 0.338 e. The van der Waals surface area contributed by atoms with Crippen molar-refractivity contribution >= 4 is 50.4 Å². The first-order chi connectivity index (χ1) is 15.7. The summed E-state index contributed by atoms with van der Waals surface area (Å²) in [4.78, 5) is 32.5. The highest BCUT2D eigenvalue weighted by Gasteiger charge is 2.28. The van der Waals surface area contributed by atoms with Crippen LogP contribution in [-0.2, 0) is 11.2 Å². The standard InChI is InChI=1S/C25H23N3O2S2/c29-24(18-11-13-28(14-12-18)25(30)22-6-3-15-31-22)26-19-9-7-17(8-10-19)16-23-27-20-4-1-2-5-21(20)32-23/h1-10,15,18H,11-14,16H2,(H,26,29). The number of anilines is 1. The number of carbonyl (C=O) groups excluding carboxylic acids is 2. The van der Waals surface area contributed by atoms with Crippen LogP contribution in [0.2, 0.25) is 0 Å². The summed E-state index contributed by atoms with van der Waals surface area (Å²) < 4.78 is 1.20. The quantitative estimate of drug-likeness (QED) is 0.430. The second kappa shape index (κ2) is 9.22. The van der Waals surface area contributed by atoms with Crippen LogP contribution in [-0.4, -0.2) is 34.8 Å². The molecule has 3 heterocycles. The molecule has 1 aliphatic rings. The summed E-state index contributed by atoms with van der Waals surface area (Å²) in [6, 6.07) is 19.9. The zero-order chi connectivity index (χ0) is 21.9. The van der Waals surface area contributed by atoms with E-state index in [9.17, 15) is 9.59 Å². The molecule has 2 amide bonds. The molecular formula is C25H23N3O2S2. The highest BCUT2D eigenvalue weighted by atomic mass is 32.1. The van der Waals surface area contributed by atoms with Crippen molar-refractivity contribution < 1.29 is 9.59 Å². The lowest BCUT2D eigenvalue weighted by molar-refractivity contribution is -0.121. The summed E-state index contributed by atoms with van der Waals surface area (Å²) in [5, 5.41) is 6.05. The number of nitrogens with one attached hydrogen (secondary N) is 1. The van der Waals surface area contributed by atoms with E-state index < -0.39 is 0 Å². The lowest BCUT2D eigenvalue weighted by Crippen LogP contribution is -2.41. The minimum absolute atomic E-state index is 0.0344. The van der Waals surface area contributed by atoms with Gasteiger partial charge in [0.05, 0.1) is 20.1 Å². The molecule has 0 spiro atoms. The number of carbonyl (C=O) groups is 2. The summed E-state index contributed by atoms with van der Waals surface area (Å²) in [7, 11) is 0. The Morgan fingerprint density at radius 3 is 2.50 bits per heavy atom. The van der Waals surface area contributed by atoms with Crippen molar-refractivity contribution in [2.75, 3.05) is 18.4 Å². The SMILES string of the molecule is O=C(Nc1ccc(Cc2nc3ccccc3s2)cc1)C1CCN(C(=O)c2cccs2)CC1. The molecule has 5 rings (SSSR count). The summed E-state index contributed by atoms with van der Waals surface area (Å²) >= 11 is 3.18. The lowest BCUT2D eigenvalue weighted by Gasteiger charge is -2.31. The lowest BCUT2D eigenvalue weighted by atomic mass is 9.95. The summed E-state index contributed by atoms with van der Waals surface area (Å²) in [6.45, 7) is 1.24. The van der Waals surface area contributed by atoms with Gasteiger partial charge in [0, 0.05) is 31.1 Å². The van der Waals surface area contributed by atoms with Crippen LogP contribution >= 0.6 is 22.7 Å². The van der Waals surface area contributed by atoms with Crippen molar-refractivity contribution in [3.8, 4) is 0 Å². The van der Waals surface area contributed by atoms with Gasteiger partial charge in [-0.2, -0.15) is 0 Å². The van der Waals surface area contributed by atoms with E-state index in [-0.39, 0.29) is 17.7 Å². The van der Waals surface area contributed by atoms with Gasteiger partial charge in [0.15, 0.2) is 0 Å². The van der Waals surface area contributed by atoms with E-state index in [1.807, 2.05) is 64.9 Å². The molecule has 7 heteroatoms. The average molecular weight is 462 g/mol. The normalized spacial score (nSPS) is 14.6. The van der Waals surface area contributed by atoms with Gasteiger partial charge in [-0.05, 0) is 54.1 Å². The molecule has 0 unspecified atom stereocenters. The van der Waals surface area contributed by atoms with E-state index in [0.29, 0.717) is 25.9 Å². The molecule has 0 aliphatic carbocycles. The summed E-state index contributed by atoms with van der Waals surface area (Å²) in [5.74, 6) is 0.0412. The zero-order valence-corrected chi connectivity index (χ0v) is 19.1. The molecule has 4 aromatic rings. The third-order valence-corrected chi connectivity index (χ3v) is 7.69. The number of hydrogen-bond acceptors (Lipinski definition) is 5. The number of rotatable bonds is 5. The molecule has 5 nitrogen and oxygen atoms in total. The van der Waals surface area contributed by atoms with E-state index >= 15 is 0 Å². The van der Waals surface area contributed by atoms with Crippen molar-refractivity contribution in [1.29, 1.82) is 0 Å². The minimum Gasteiger partial charge on any atom is -0.338 e. The first-order valence-electron chi connectivity index (χ1n) is 10.7. The molecule has 0 radical (unpaired) electrons. The van der Waals surface area contributed by atoms with Crippen LogP contribution in [0.25, 0.3) is 10.2 Å². The number of hydrogen-bond donors (Lipinski definition) is 1. The Morgan fingerprint density at radius 2 is 1.78 bits per heavy atom. The second-order valence-electron chi connectivity index (χ2n) is 7.98. The minimum atomic E-state index is -0.0650. The van der Waals surface area contributed by atoms with E-state index in [1.165, 1.54) is 21.6 Å². The third kappa shape index (κ3) is 4.59. The van der Waals surface area contributed by atoms with Crippen LogP contribution in [0.15, 0.2) is 66.0 Å². The molecule has 2 aromatic carbocycles. The molecule has 1 aliphatic heterocycles. The number of thiazole rings is 1. The van der Waals surface area contributed by atoms with Crippen molar-refractivity contribution in [3.63, 3.8) is 0 Å². The van der Waals surface area contributed by atoms with Gasteiger partial charge in [-0.1, -0.05) is 30.3 Å². The number of para-hydroxylation sites is 1. The van der Waals surface area contributed by atoms with E-state index in [4.69, 9.17) is 4.98 Å². The summed E-state index contributed by atoms with van der Waals surface area (Å²) in [6.07, 6.45) is 2.17. The summed E-state index contributed by atoms with van der Waals surface area (Å²) in [5.41, 5.74) is 3.02. The highest BCUT2D eigenvalue weighted by Crippen LogP contribution is 2.25. The maximum atomic E-state index is 12.7. The Morgan fingerprint density at radius 1 is 1.00 bits per heavy atom. The van der Waals surface area contributed by atoms with Gasteiger partial charge in [0.1, 0.15) is 0 Å². The van der Waals surface area contributed by atoms with Crippen LogP contribution in [0.3, 0.4) is 0 Å². The van der Waals surface area contributed by atoms with Gasteiger partial charge in [-0.3, -0.25) is 9.59 Å². The maximum Gasteiger partial charge on any atom is 0.263 e. The molecule has 0 saturated carbocycles. The van der Waals surface area contributed by atoms with Crippen molar-refractivity contribution in [2.45, 2.75) is 19.3 Å². The van der Waals surface area contributed by atoms with Crippen LogP contribution in [0, 0.1) is 5.92 Å². The number of piperidine rings is 1. The molecule has 0 atom stereocenters. The van der Waals surface area contributed by atoms with Gasteiger partial charge in [0.2, 0.25) is 5.91 Å². The number of nitrogens with zero attached hydrogens (tertiary/aromatic N) is 2. The number of benzene rings is 2. The average Bonchev–Trinajstić information content (AvgIpc) is 3.50. The molecule has 32 heavy (non-hydrogen) atoms. The van der Waals surface area contributed by atoms with E-state index in [1.54, 1.807) is 11.3 Å². The molecular weight excluding hydrogens is 438 g/mol. The molecule has 2 aromatic heterocycles. The first kappa shape index (κ1) is 20.8. The van der Waals surface area contributed by atoms with Gasteiger partial charge >= 0.3 is 0 Å². The van der Waals surface area contributed by atoms with Crippen molar-refractivity contribution in [2.24, 2.45) is 5.92 Å². The number of fused-ring (bicyclic) bond motifs is 1. The Hall–Kier alpha value is -3.03. The fraction of sp³-hybridized carbons (Fsp3) is 0.240. The molecule has 1 saturated heterocycles. The Balaban J connectivity index is 1.14. The number of likely N-dealkylation sites (tertiary alicyclic amines) is 1. The second-order valence-corrected chi connectivity index (χ2v) is 10.0. The van der Waals surface area contributed by atoms with Crippen LogP contribution in [0.4, 0.5) is 5.69 Å². The van der Waals surface area contributed by atoms with E-state index in [0.717, 1.165) is 27.5 Å². The fourth-order valence-corrected chi connectivity index (χ4v) is 5.71. The number of amides is 2. The van der Waals surface area contributed by atoms with Gasteiger partial charge in [0.25, 0.3) is 5.91 Å². The third-order valence-electron chi connectivity index (χ3n) is 5.80. The van der Waals surface area contributed by atoms with Gasteiger partial charge in [-0.15, -0.1) is 22.7 Å². The molecule has 1 fully saturated rings.